The van der Waals surface area contributed by atoms with Gasteiger partial charge in [0.15, 0.2) is 0 Å². The summed E-state index contributed by atoms with van der Waals surface area (Å²) in [6.45, 7) is 0.565. The van der Waals surface area contributed by atoms with Crippen LogP contribution < -0.4 is 5.73 Å². The number of nitrogens with zero attached hydrogens (tertiary/aromatic N) is 1. The maximum absolute atomic E-state index is 11.6. The van der Waals surface area contributed by atoms with Crippen LogP contribution in [0.1, 0.15) is 0 Å². The molecule has 1 saturated heterocycles. The number of nitrogens with two attached hydrogens (primary N) is 1. The van der Waals surface area contributed by atoms with Crippen LogP contribution in [-0.2, 0) is 19.1 Å². The van der Waals surface area contributed by atoms with E-state index < -0.39 is 24.2 Å². The van der Waals surface area contributed by atoms with E-state index in [9.17, 15) is 22.8 Å². The molecule has 7 nitrogen and oxygen atoms in total. The Balaban J connectivity index is 0.000000486. The van der Waals surface area contributed by atoms with Gasteiger partial charge in [-0.2, -0.15) is 24.9 Å². The average molecular weight is 332 g/mol. The number of carbonyl (C=O) groups excluding carboxylic acids is 2. The predicted octanol–water partition coefficient (Wildman–Crippen LogP) is -0.305. The van der Waals surface area contributed by atoms with Crippen LogP contribution in [0.4, 0.5) is 13.2 Å². The van der Waals surface area contributed by atoms with Crippen molar-refractivity contribution in [2.45, 2.75) is 12.2 Å². The molecule has 1 fully saturated rings. The van der Waals surface area contributed by atoms with Crippen molar-refractivity contribution >= 4 is 29.6 Å². The van der Waals surface area contributed by atoms with Gasteiger partial charge in [-0.05, 0) is 0 Å². The van der Waals surface area contributed by atoms with Crippen molar-refractivity contribution in [2.24, 2.45) is 5.73 Å². The summed E-state index contributed by atoms with van der Waals surface area (Å²) < 4.78 is 36.2. The topological polar surface area (TPSA) is 110 Å². The number of carbonyl (C=O) groups is 3. The van der Waals surface area contributed by atoms with Gasteiger partial charge in [0, 0.05) is 18.1 Å². The van der Waals surface area contributed by atoms with Gasteiger partial charge in [-0.25, -0.2) is 4.79 Å². The number of ether oxygens (including phenoxy) is 1. The molecule has 11 heteroatoms. The number of methoxy groups -OCH3 is 1. The van der Waals surface area contributed by atoms with E-state index in [4.69, 9.17) is 15.6 Å². The van der Waals surface area contributed by atoms with Crippen LogP contribution in [0.3, 0.4) is 0 Å². The molecule has 21 heavy (non-hydrogen) atoms. The third-order valence-corrected chi connectivity index (χ3v) is 3.29. The molecule has 0 radical (unpaired) electrons. The fourth-order valence-electron chi connectivity index (χ4n) is 1.18. The van der Waals surface area contributed by atoms with Crippen LogP contribution in [0.2, 0.25) is 0 Å². The van der Waals surface area contributed by atoms with E-state index in [0.29, 0.717) is 12.3 Å². The van der Waals surface area contributed by atoms with Gasteiger partial charge in [0.1, 0.15) is 6.54 Å². The molecule has 1 unspecified atom stereocenters. The fourth-order valence-corrected chi connectivity index (χ4v) is 2.09. The second kappa shape index (κ2) is 8.72. The highest BCUT2D eigenvalue weighted by Gasteiger charge is 2.38. The molecule has 3 N–H and O–H groups in total. The maximum atomic E-state index is 11.6. The lowest BCUT2D eigenvalue weighted by Gasteiger charge is -2.20. The van der Waals surface area contributed by atoms with E-state index in [1.54, 1.807) is 11.8 Å². The van der Waals surface area contributed by atoms with Gasteiger partial charge in [-0.1, -0.05) is 0 Å². The van der Waals surface area contributed by atoms with Crippen molar-refractivity contribution in [1.29, 1.82) is 0 Å². The van der Waals surface area contributed by atoms with Crippen molar-refractivity contribution in [2.75, 3.05) is 31.7 Å². The maximum Gasteiger partial charge on any atom is 0.490 e. The Kier molecular flexibility index (Phi) is 8.10. The SMILES string of the molecule is COC(=O)CN1CCSCC(N)C1=O.O=C(O)C(F)(F)F. The number of aliphatic carboxylic acids is 1. The first-order valence-electron chi connectivity index (χ1n) is 5.58. The minimum atomic E-state index is -5.08. The molecule has 0 aliphatic carbocycles. The van der Waals surface area contributed by atoms with Gasteiger partial charge < -0.3 is 20.5 Å². The lowest BCUT2D eigenvalue weighted by atomic mass is 10.3. The number of hydrogen-bond acceptors (Lipinski definition) is 6. The molecule has 1 aliphatic heterocycles. The van der Waals surface area contributed by atoms with Crippen molar-refractivity contribution < 1.29 is 37.4 Å². The quantitative estimate of drug-likeness (QED) is 0.668. The molecule has 0 spiro atoms. The van der Waals surface area contributed by atoms with Gasteiger partial charge in [-0.3, -0.25) is 9.59 Å². The summed E-state index contributed by atoms with van der Waals surface area (Å²) in [5.74, 6) is -1.89. The summed E-state index contributed by atoms with van der Waals surface area (Å²) in [6, 6.07) is -0.493. The average Bonchev–Trinajstić information content (AvgIpc) is 2.54. The van der Waals surface area contributed by atoms with E-state index in [1.807, 2.05) is 0 Å². The molecular formula is C10H15F3N2O5S. The first kappa shape index (κ1) is 19.5. The first-order chi connectivity index (χ1) is 9.59. The van der Waals surface area contributed by atoms with Gasteiger partial charge in [0.05, 0.1) is 13.2 Å². The largest absolute Gasteiger partial charge is 0.490 e. The number of alkyl halides is 3. The summed E-state index contributed by atoms with van der Waals surface area (Å²) in [4.78, 5) is 32.9. The van der Waals surface area contributed by atoms with Gasteiger partial charge >= 0.3 is 18.1 Å². The van der Waals surface area contributed by atoms with Crippen LogP contribution in [0.5, 0.6) is 0 Å². The smallest absolute Gasteiger partial charge is 0.475 e. The number of carboxylic acids is 1. The lowest BCUT2D eigenvalue weighted by molar-refractivity contribution is -0.192. The highest BCUT2D eigenvalue weighted by molar-refractivity contribution is 7.99. The standard InChI is InChI=1S/C8H14N2O3S.C2HF3O2/c1-13-7(11)4-10-2-3-14-5-6(9)8(10)12;3-2(4,5)1(6)7/h6H,2-5,9H2,1H3;(H,6,7). The third-order valence-electron chi connectivity index (χ3n) is 2.22. The summed E-state index contributed by atoms with van der Waals surface area (Å²) in [7, 11) is 1.30. The van der Waals surface area contributed by atoms with Gasteiger partial charge in [0.2, 0.25) is 5.91 Å². The molecule has 0 aromatic rings. The zero-order valence-electron chi connectivity index (χ0n) is 11.1. The van der Waals surface area contributed by atoms with E-state index >= 15 is 0 Å². The normalized spacial score (nSPS) is 19.2. The van der Waals surface area contributed by atoms with Crippen LogP contribution in [-0.4, -0.2) is 71.8 Å². The molecule has 1 aliphatic rings. The van der Waals surface area contributed by atoms with Crippen molar-refractivity contribution in [3.63, 3.8) is 0 Å². The lowest BCUT2D eigenvalue weighted by Crippen LogP contribution is -2.46. The molecule has 1 rings (SSSR count). The number of carboxylic acid groups (broad SMARTS) is 1. The van der Waals surface area contributed by atoms with E-state index in [1.165, 1.54) is 12.0 Å². The van der Waals surface area contributed by atoms with Crippen LogP contribution in [0.15, 0.2) is 0 Å². The van der Waals surface area contributed by atoms with Gasteiger partial charge in [0.25, 0.3) is 0 Å². The molecular weight excluding hydrogens is 317 g/mol. The van der Waals surface area contributed by atoms with Crippen LogP contribution >= 0.6 is 11.8 Å². The van der Waals surface area contributed by atoms with Crippen molar-refractivity contribution in [1.82, 2.24) is 4.90 Å². The summed E-state index contributed by atoms with van der Waals surface area (Å²) in [6.07, 6.45) is -5.08. The van der Waals surface area contributed by atoms with E-state index in [-0.39, 0.29) is 12.5 Å². The van der Waals surface area contributed by atoms with E-state index in [0.717, 1.165) is 5.75 Å². The number of halogens is 3. The Morgan fingerprint density at radius 3 is 2.48 bits per heavy atom. The highest BCUT2D eigenvalue weighted by atomic mass is 32.2. The number of hydrogen-bond donors (Lipinski definition) is 2. The van der Waals surface area contributed by atoms with Crippen molar-refractivity contribution in [3.8, 4) is 0 Å². The Morgan fingerprint density at radius 2 is 2.05 bits per heavy atom. The first-order valence-corrected chi connectivity index (χ1v) is 6.74. The number of amides is 1. The molecule has 122 valence electrons. The second-order valence-corrected chi connectivity index (χ2v) is 4.97. The second-order valence-electron chi connectivity index (χ2n) is 3.82. The Hall–Kier alpha value is -1.49. The van der Waals surface area contributed by atoms with Gasteiger partial charge in [-0.15, -0.1) is 0 Å². The van der Waals surface area contributed by atoms with E-state index in [2.05, 4.69) is 4.74 Å². The van der Waals surface area contributed by atoms with Crippen LogP contribution in [0, 0.1) is 0 Å². The molecule has 0 aromatic heterocycles. The minimum absolute atomic E-state index is 0.00356. The molecule has 0 aromatic carbocycles. The number of esters is 1. The zero-order valence-corrected chi connectivity index (χ0v) is 11.9. The Labute approximate surface area is 122 Å². The molecule has 1 atom stereocenters. The fraction of sp³-hybridized carbons (Fsp3) is 0.700. The highest BCUT2D eigenvalue weighted by Crippen LogP contribution is 2.13. The third kappa shape index (κ3) is 7.75. The Bertz CT molecular complexity index is 391. The molecule has 1 amide bonds. The molecule has 0 bridgehead atoms. The molecule has 0 saturated carbocycles. The Morgan fingerprint density at radius 1 is 1.52 bits per heavy atom. The summed E-state index contributed by atoms with van der Waals surface area (Å²) in [5.41, 5.74) is 5.62. The summed E-state index contributed by atoms with van der Waals surface area (Å²) >= 11 is 1.63. The molecule has 1 heterocycles. The predicted molar refractivity (Wildman–Crippen MR) is 67.6 cm³/mol. The number of thioether (sulfide) groups is 1. The van der Waals surface area contributed by atoms with Crippen molar-refractivity contribution in [3.05, 3.63) is 0 Å². The number of rotatable bonds is 2. The monoisotopic (exact) mass is 332 g/mol. The summed E-state index contributed by atoms with van der Waals surface area (Å²) in [5, 5.41) is 7.12. The minimum Gasteiger partial charge on any atom is -0.475 e. The zero-order chi connectivity index (χ0) is 16.6. The van der Waals surface area contributed by atoms with Crippen LogP contribution in [0.25, 0.3) is 0 Å².